The lowest BCUT2D eigenvalue weighted by molar-refractivity contribution is 0.539. The molecule has 3 aromatic rings. The Labute approximate surface area is 156 Å². The maximum atomic E-state index is 13.1. The quantitative estimate of drug-likeness (QED) is 0.464. The second-order valence-corrected chi connectivity index (χ2v) is 7.22. The summed E-state index contributed by atoms with van der Waals surface area (Å²) in [5.41, 5.74) is 0.858. The highest BCUT2D eigenvalue weighted by Gasteiger charge is 2.17. The molecule has 126 valence electrons. The number of aromatic nitrogens is 3. The Morgan fingerprint density at radius 3 is 2.79 bits per heavy atom. The second kappa shape index (κ2) is 7.72. The monoisotopic (exact) mass is 429 g/mol. The number of rotatable bonds is 6. The third-order valence-electron chi connectivity index (χ3n) is 3.33. The fourth-order valence-corrected chi connectivity index (χ4v) is 3.81. The molecule has 0 aliphatic carbocycles. The molecule has 4 nitrogen and oxygen atoms in total. The van der Waals surface area contributed by atoms with Crippen LogP contribution >= 0.6 is 39.3 Å². The van der Waals surface area contributed by atoms with E-state index in [1.54, 1.807) is 6.07 Å². The van der Waals surface area contributed by atoms with Gasteiger partial charge in [0, 0.05) is 17.3 Å². The molecule has 1 aromatic carbocycles. The molecule has 8 heteroatoms. The van der Waals surface area contributed by atoms with Crippen LogP contribution in [0.1, 0.15) is 18.9 Å². The van der Waals surface area contributed by atoms with Gasteiger partial charge in [-0.2, -0.15) is 0 Å². The molecule has 0 saturated heterocycles. The number of halogens is 3. The van der Waals surface area contributed by atoms with Gasteiger partial charge in [0.15, 0.2) is 15.6 Å². The molecule has 0 unspecified atom stereocenters. The predicted molar refractivity (Wildman–Crippen MR) is 96.7 cm³/mol. The number of hydrogen-bond donors (Lipinski definition) is 0. The predicted octanol–water partition coefficient (Wildman–Crippen LogP) is 5.80. The summed E-state index contributed by atoms with van der Waals surface area (Å²) in [5.74, 6) is 1.60. The molecule has 0 radical (unpaired) electrons. The van der Waals surface area contributed by atoms with Gasteiger partial charge in [0.2, 0.25) is 5.82 Å². The SMILES string of the molecule is CCCn1c(SCc2ccc(F)cc2Cl)nnc1-c1ccc(Br)o1. The van der Waals surface area contributed by atoms with Gasteiger partial charge in [-0.3, -0.25) is 4.57 Å². The van der Waals surface area contributed by atoms with Crippen LogP contribution in [-0.4, -0.2) is 14.8 Å². The van der Waals surface area contributed by atoms with Crippen molar-refractivity contribution in [2.45, 2.75) is 30.8 Å². The standard InChI is InChI=1S/C16H14BrClFN3OS/c1-2-7-22-15(13-5-6-14(17)23-13)20-21-16(22)24-9-10-3-4-11(19)8-12(10)18/h3-6,8H,2,7,9H2,1H3. The van der Waals surface area contributed by atoms with E-state index in [0.29, 0.717) is 27.0 Å². The van der Waals surface area contributed by atoms with Crippen LogP contribution in [0.15, 0.2) is 44.6 Å². The summed E-state index contributed by atoms with van der Waals surface area (Å²) in [6, 6.07) is 8.09. The Hall–Kier alpha value is -1.31. The van der Waals surface area contributed by atoms with Crippen LogP contribution in [0.25, 0.3) is 11.6 Å². The number of hydrogen-bond acceptors (Lipinski definition) is 4. The van der Waals surface area contributed by atoms with Crippen LogP contribution in [0.5, 0.6) is 0 Å². The summed E-state index contributed by atoms with van der Waals surface area (Å²) in [6.45, 7) is 2.87. The smallest absolute Gasteiger partial charge is 0.200 e. The lowest BCUT2D eigenvalue weighted by Crippen LogP contribution is -2.01. The molecule has 0 saturated carbocycles. The average Bonchev–Trinajstić information content (AvgIpc) is 3.13. The first-order valence-electron chi connectivity index (χ1n) is 7.34. The van der Waals surface area contributed by atoms with Crippen molar-refractivity contribution in [1.29, 1.82) is 0 Å². The Morgan fingerprint density at radius 2 is 2.12 bits per heavy atom. The van der Waals surface area contributed by atoms with Crippen molar-refractivity contribution >= 4 is 39.3 Å². The van der Waals surface area contributed by atoms with Crippen molar-refractivity contribution in [2.24, 2.45) is 0 Å². The molecule has 2 aromatic heterocycles. The van der Waals surface area contributed by atoms with Gasteiger partial charge in [0.1, 0.15) is 5.82 Å². The zero-order valence-electron chi connectivity index (χ0n) is 12.8. The van der Waals surface area contributed by atoms with Gasteiger partial charge in [-0.15, -0.1) is 10.2 Å². The van der Waals surface area contributed by atoms with Crippen molar-refractivity contribution in [3.05, 3.63) is 51.4 Å². The molecule has 0 bridgehead atoms. The van der Waals surface area contributed by atoms with Crippen molar-refractivity contribution in [3.8, 4) is 11.6 Å². The average molecular weight is 431 g/mol. The van der Waals surface area contributed by atoms with E-state index in [4.69, 9.17) is 16.0 Å². The van der Waals surface area contributed by atoms with Crippen LogP contribution in [0.2, 0.25) is 5.02 Å². The number of furan rings is 1. The van der Waals surface area contributed by atoms with Crippen LogP contribution in [-0.2, 0) is 12.3 Å². The first-order valence-corrected chi connectivity index (χ1v) is 9.49. The molecule has 24 heavy (non-hydrogen) atoms. The molecular weight excluding hydrogens is 417 g/mol. The largest absolute Gasteiger partial charge is 0.446 e. The molecule has 0 amide bonds. The van der Waals surface area contributed by atoms with Crippen LogP contribution in [0.4, 0.5) is 4.39 Å². The Balaban J connectivity index is 1.84. The highest BCUT2D eigenvalue weighted by Crippen LogP contribution is 2.30. The lowest BCUT2D eigenvalue weighted by Gasteiger charge is -2.08. The summed E-state index contributed by atoms with van der Waals surface area (Å²) in [4.78, 5) is 0. The molecule has 0 spiro atoms. The third-order valence-corrected chi connectivity index (χ3v) is 5.12. The van der Waals surface area contributed by atoms with Gasteiger partial charge in [-0.1, -0.05) is 36.4 Å². The molecule has 3 rings (SSSR count). The van der Waals surface area contributed by atoms with Gasteiger partial charge in [0.05, 0.1) is 0 Å². The minimum atomic E-state index is -0.339. The summed E-state index contributed by atoms with van der Waals surface area (Å²) in [7, 11) is 0. The molecule has 0 fully saturated rings. The van der Waals surface area contributed by atoms with Gasteiger partial charge in [0.25, 0.3) is 0 Å². The van der Waals surface area contributed by atoms with Crippen LogP contribution in [0.3, 0.4) is 0 Å². The molecular formula is C16H14BrClFN3OS. The van der Waals surface area contributed by atoms with Gasteiger partial charge < -0.3 is 4.42 Å². The minimum absolute atomic E-state index is 0.339. The van der Waals surface area contributed by atoms with Gasteiger partial charge in [-0.05, 0) is 52.2 Å². The van der Waals surface area contributed by atoms with E-state index in [9.17, 15) is 4.39 Å². The van der Waals surface area contributed by atoms with Crippen molar-refractivity contribution < 1.29 is 8.81 Å². The van der Waals surface area contributed by atoms with E-state index < -0.39 is 0 Å². The third kappa shape index (κ3) is 3.84. The van der Waals surface area contributed by atoms with Crippen LogP contribution in [0, 0.1) is 5.82 Å². The number of benzene rings is 1. The maximum absolute atomic E-state index is 13.1. The highest BCUT2D eigenvalue weighted by atomic mass is 79.9. The van der Waals surface area contributed by atoms with Gasteiger partial charge >= 0.3 is 0 Å². The van der Waals surface area contributed by atoms with E-state index in [1.807, 2.05) is 16.7 Å². The normalized spacial score (nSPS) is 11.2. The summed E-state index contributed by atoms with van der Waals surface area (Å²) < 4.78 is 21.4. The summed E-state index contributed by atoms with van der Waals surface area (Å²) in [6.07, 6.45) is 0.942. The topological polar surface area (TPSA) is 43.9 Å². The Kier molecular flexibility index (Phi) is 5.63. The fraction of sp³-hybridized carbons (Fsp3) is 0.250. The van der Waals surface area contributed by atoms with E-state index >= 15 is 0 Å². The number of nitrogens with zero attached hydrogens (tertiary/aromatic N) is 3. The van der Waals surface area contributed by atoms with Crippen molar-refractivity contribution in [1.82, 2.24) is 14.8 Å². The minimum Gasteiger partial charge on any atom is -0.446 e. The second-order valence-electron chi connectivity index (χ2n) is 5.09. The van der Waals surface area contributed by atoms with E-state index in [-0.39, 0.29) is 5.82 Å². The zero-order valence-corrected chi connectivity index (χ0v) is 16.0. The molecule has 2 heterocycles. The highest BCUT2D eigenvalue weighted by molar-refractivity contribution is 9.10. The van der Waals surface area contributed by atoms with Crippen molar-refractivity contribution in [2.75, 3.05) is 0 Å². The molecule has 0 N–H and O–H groups in total. The van der Waals surface area contributed by atoms with E-state index in [1.165, 1.54) is 23.9 Å². The Morgan fingerprint density at radius 1 is 1.29 bits per heavy atom. The van der Waals surface area contributed by atoms with Crippen LogP contribution < -0.4 is 0 Å². The Bertz CT molecular complexity index is 852. The first-order chi connectivity index (χ1) is 11.6. The van der Waals surface area contributed by atoms with E-state index in [2.05, 4.69) is 33.1 Å². The molecule has 0 aliphatic heterocycles. The summed E-state index contributed by atoms with van der Waals surface area (Å²) in [5, 5.41) is 9.71. The zero-order chi connectivity index (χ0) is 17.1. The number of thioether (sulfide) groups is 1. The lowest BCUT2D eigenvalue weighted by atomic mass is 10.2. The fourth-order valence-electron chi connectivity index (χ4n) is 2.22. The van der Waals surface area contributed by atoms with E-state index in [0.717, 1.165) is 23.7 Å². The van der Waals surface area contributed by atoms with Crippen molar-refractivity contribution in [3.63, 3.8) is 0 Å². The maximum Gasteiger partial charge on any atom is 0.200 e. The molecule has 0 atom stereocenters. The van der Waals surface area contributed by atoms with Gasteiger partial charge in [-0.25, -0.2) is 4.39 Å². The first kappa shape index (κ1) is 17.5. The summed E-state index contributed by atoms with van der Waals surface area (Å²) >= 11 is 10.9. The molecule has 0 aliphatic rings.